The molecule has 0 aromatic rings. The second-order valence-corrected chi connectivity index (χ2v) is 1.21. The molecule has 0 bridgehead atoms. The maximum atomic E-state index is 8.59. The molecule has 0 saturated heterocycles. The Labute approximate surface area is 45.0 Å². The van der Waals surface area contributed by atoms with Crippen LogP contribution in [0.3, 0.4) is 0 Å². The van der Waals surface area contributed by atoms with Gasteiger partial charge in [-0.05, 0) is 0 Å². The van der Waals surface area contributed by atoms with Crippen LogP contribution in [0.15, 0.2) is 0 Å². The third-order valence-electron chi connectivity index (χ3n) is 0. The molecular weight excluding hydrogens is 171 g/mol. The topological polar surface area (TPSA) is 51.2 Å². The first-order valence-electron chi connectivity index (χ1n) is 0.500. The molecule has 0 aromatic carbocycles. The van der Waals surface area contributed by atoms with E-state index in [9.17, 15) is 0 Å². The molecular formula is AlMoO3. The predicted molar refractivity (Wildman–Crippen MR) is 7.81 cm³/mol. The van der Waals surface area contributed by atoms with Crippen LogP contribution in [0.5, 0.6) is 0 Å². The summed E-state index contributed by atoms with van der Waals surface area (Å²) in [5.41, 5.74) is 0. The summed E-state index contributed by atoms with van der Waals surface area (Å²) < 4.78 is 25.8. The van der Waals surface area contributed by atoms with Crippen LogP contribution in [-0.4, -0.2) is 17.4 Å². The first kappa shape index (κ1) is 9.15. The Kier molecular flexibility index (Phi) is 8.46. The van der Waals surface area contributed by atoms with E-state index in [-0.39, 0.29) is 17.4 Å². The van der Waals surface area contributed by atoms with Crippen LogP contribution in [0.2, 0.25) is 0 Å². The molecule has 27 valence electrons. The molecule has 0 saturated carbocycles. The van der Waals surface area contributed by atoms with Crippen LogP contribution in [0.4, 0.5) is 0 Å². The van der Waals surface area contributed by atoms with E-state index >= 15 is 0 Å². The molecule has 0 spiro atoms. The Balaban J connectivity index is 0. The van der Waals surface area contributed by atoms with E-state index in [1.54, 1.807) is 0 Å². The van der Waals surface area contributed by atoms with Crippen LogP contribution < -0.4 is 0 Å². The van der Waals surface area contributed by atoms with Crippen LogP contribution in [0.25, 0.3) is 0 Å². The fraction of sp³-hybridized carbons (Fsp3) is 0. The van der Waals surface area contributed by atoms with Gasteiger partial charge in [-0.1, -0.05) is 0 Å². The zero-order chi connectivity index (χ0) is 3.58. The van der Waals surface area contributed by atoms with Gasteiger partial charge in [-0.25, -0.2) is 0 Å². The Morgan fingerprint density at radius 1 is 1.00 bits per heavy atom. The summed E-state index contributed by atoms with van der Waals surface area (Å²) in [6, 6.07) is 0. The second kappa shape index (κ2) is 4.62. The van der Waals surface area contributed by atoms with Crippen LogP contribution in [-0.2, 0) is 27.4 Å². The van der Waals surface area contributed by atoms with Crippen molar-refractivity contribution in [2.75, 3.05) is 0 Å². The van der Waals surface area contributed by atoms with Gasteiger partial charge in [0.15, 0.2) is 0 Å². The van der Waals surface area contributed by atoms with Crippen molar-refractivity contribution in [3.8, 4) is 0 Å². The molecule has 0 aliphatic carbocycles. The average Bonchev–Trinajstić information content (AvgIpc) is 0.811. The first-order valence-corrected chi connectivity index (χ1v) is 2.96. The summed E-state index contributed by atoms with van der Waals surface area (Å²) in [6.45, 7) is 0. The third-order valence-corrected chi connectivity index (χ3v) is 0. The molecule has 0 amide bonds. The summed E-state index contributed by atoms with van der Waals surface area (Å²) in [5.74, 6) is 0. The molecule has 0 N–H and O–H groups in total. The van der Waals surface area contributed by atoms with Crippen molar-refractivity contribution in [1.82, 2.24) is 0 Å². The molecule has 0 aliphatic heterocycles. The van der Waals surface area contributed by atoms with E-state index in [1.807, 2.05) is 0 Å². The molecule has 5 heteroatoms. The molecule has 0 fully saturated rings. The van der Waals surface area contributed by atoms with Gasteiger partial charge in [-0.2, -0.15) is 0 Å². The SMILES string of the molecule is [Al].[O]=[Mo](=[O])=[O]. The molecule has 0 aromatic heterocycles. The van der Waals surface area contributed by atoms with Gasteiger partial charge in [-0.15, -0.1) is 0 Å². The Morgan fingerprint density at radius 2 is 1.00 bits per heavy atom. The minimum atomic E-state index is -4.11. The van der Waals surface area contributed by atoms with Crippen molar-refractivity contribution in [2.45, 2.75) is 0 Å². The third kappa shape index (κ3) is 82.4. The van der Waals surface area contributed by atoms with Crippen molar-refractivity contribution in [1.29, 1.82) is 0 Å². The normalized spacial score (nSPS) is 4.80. The van der Waals surface area contributed by atoms with Crippen molar-refractivity contribution >= 4 is 17.4 Å². The standard InChI is InChI=1S/Al.Mo.3O. The number of hydrogen-bond acceptors (Lipinski definition) is 3. The van der Waals surface area contributed by atoms with Gasteiger partial charge in [0.25, 0.3) is 0 Å². The van der Waals surface area contributed by atoms with Crippen molar-refractivity contribution in [3.63, 3.8) is 0 Å². The summed E-state index contributed by atoms with van der Waals surface area (Å²) >= 11 is -4.11. The van der Waals surface area contributed by atoms with Gasteiger partial charge in [-0.3, -0.25) is 0 Å². The van der Waals surface area contributed by atoms with E-state index in [0.717, 1.165) is 0 Å². The van der Waals surface area contributed by atoms with E-state index in [4.69, 9.17) is 10.2 Å². The number of rotatable bonds is 0. The molecule has 0 unspecified atom stereocenters. The molecule has 0 rings (SSSR count). The Morgan fingerprint density at radius 3 is 1.00 bits per heavy atom. The number of hydrogen-bond donors (Lipinski definition) is 0. The summed E-state index contributed by atoms with van der Waals surface area (Å²) in [7, 11) is 0. The monoisotopic (exact) mass is 173 g/mol. The van der Waals surface area contributed by atoms with Crippen LogP contribution in [0.1, 0.15) is 0 Å². The second-order valence-electron chi connectivity index (χ2n) is 0.204. The van der Waals surface area contributed by atoms with Crippen LogP contribution in [0, 0.1) is 0 Å². The van der Waals surface area contributed by atoms with Crippen molar-refractivity contribution in [3.05, 3.63) is 0 Å². The average molecular weight is 171 g/mol. The Bertz CT molecular complexity index is 76.3. The summed E-state index contributed by atoms with van der Waals surface area (Å²) in [5, 5.41) is 0. The van der Waals surface area contributed by atoms with E-state index in [1.165, 1.54) is 0 Å². The van der Waals surface area contributed by atoms with Crippen molar-refractivity contribution in [2.24, 2.45) is 0 Å². The van der Waals surface area contributed by atoms with Gasteiger partial charge >= 0.3 is 27.4 Å². The quantitative estimate of drug-likeness (QED) is 0.451. The van der Waals surface area contributed by atoms with E-state index < -0.39 is 17.2 Å². The van der Waals surface area contributed by atoms with Gasteiger partial charge < -0.3 is 0 Å². The summed E-state index contributed by atoms with van der Waals surface area (Å²) in [4.78, 5) is 0. The predicted octanol–water partition coefficient (Wildman–Crippen LogP) is -0.740. The van der Waals surface area contributed by atoms with E-state index in [0.29, 0.717) is 0 Å². The van der Waals surface area contributed by atoms with Crippen LogP contribution >= 0.6 is 0 Å². The van der Waals surface area contributed by atoms with Gasteiger partial charge in [0.2, 0.25) is 0 Å². The molecule has 3 nitrogen and oxygen atoms in total. The fourth-order valence-electron chi connectivity index (χ4n) is 0. The first-order chi connectivity index (χ1) is 1.73. The molecule has 5 heavy (non-hydrogen) atoms. The molecule has 3 radical (unpaired) electrons. The van der Waals surface area contributed by atoms with E-state index in [2.05, 4.69) is 0 Å². The maximum absolute atomic E-state index is 8.59. The van der Waals surface area contributed by atoms with Gasteiger partial charge in [0.05, 0.1) is 0 Å². The zero-order valence-corrected chi connectivity index (χ0v) is 5.37. The van der Waals surface area contributed by atoms with Gasteiger partial charge in [0.1, 0.15) is 0 Å². The fourth-order valence-corrected chi connectivity index (χ4v) is 0. The zero-order valence-electron chi connectivity index (χ0n) is 2.21. The molecule has 0 heterocycles. The van der Waals surface area contributed by atoms with Gasteiger partial charge in [0, 0.05) is 17.4 Å². The molecule has 0 atom stereocenters. The minimum absolute atomic E-state index is 0. The Hall–Kier alpha value is 0.621. The van der Waals surface area contributed by atoms with Crippen molar-refractivity contribution < 1.29 is 27.4 Å². The summed E-state index contributed by atoms with van der Waals surface area (Å²) in [6.07, 6.45) is 0. The molecule has 0 aliphatic rings.